The molecule has 2 N–H and O–H groups in total. The lowest BCUT2D eigenvalue weighted by molar-refractivity contribution is -0.121. The summed E-state index contributed by atoms with van der Waals surface area (Å²) in [5.41, 5.74) is 2.17. The molecule has 1 aliphatic heterocycles. The molecule has 1 unspecified atom stereocenters. The number of hydrogen-bond donors (Lipinski definition) is 2. The molecule has 29 heavy (non-hydrogen) atoms. The van der Waals surface area contributed by atoms with E-state index < -0.39 is 0 Å². The van der Waals surface area contributed by atoms with Crippen LogP contribution >= 0.6 is 0 Å². The van der Waals surface area contributed by atoms with Crippen molar-refractivity contribution in [1.82, 2.24) is 20.1 Å². The number of piperidine rings is 1. The molecule has 0 bridgehead atoms. The van der Waals surface area contributed by atoms with E-state index in [0.717, 1.165) is 6.42 Å². The van der Waals surface area contributed by atoms with Crippen molar-refractivity contribution in [3.8, 4) is 11.4 Å². The Morgan fingerprint density at radius 1 is 1.14 bits per heavy atom. The number of aromatic nitrogens is 3. The summed E-state index contributed by atoms with van der Waals surface area (Å²) >= 11 is 0. The van der Waals surface area contributed by atoms with Crippen LogP contribution < -0.4 is 5.32 Å². The number of H-pyrrole nitrogens is 1. The van der Waals surface area contributed by atoms with Gasteiger partial charge in [-0.15, -0.1) is 0 Å². The van der Waals surface area contributed by atoms with E-state index in [1.165, 1.54) is 24.3 Å². The van der Waals surface area contributed by atoms with Crippen molar-refractivity contribution in [2.75, 3.05) is 18.4 Å². The highest BCUT2D eigenvalue weighted by Gasteiger charge is 2.29. The number of amides is 2. The Balaban J connectivity index is 1.41. The molecule has 0 radical (unpaired) electrons. The van der Waals surface area contributed by atoms with Crippen LogP contribution in [0.25, 0.3) is 11.4 Å². The van der Waals surface area contributed by atoms with E-state index in [1.807, 2.05) is 18.2 Å². The average molecular weight is 393 g/mol. The van der Waals surface area contributed by atoms with Crippen molar-refractivity contribution in [3.05, 3.63) is 66.2 Å². The zero-order valence-corrected chi connectivity index (χ0v) is 15.6. The van der Waals surface area contributed by atoms with Crippen LogP contribution in [0, 0.1) is 11.7 Å². The Morgan fingerprint density at radius 3 is 2.72 bits per heavy atom. The van der Waals surface area contributed by atoms with Gasteiger partial charge in [-0.05, 0) is 55.3 Å². The Morgan fingerprint density at radius 2 is 1.97 bits per heavy atom. The van der Waals surface area contributed by atoms with Gasteiger partial charge >= 0.3 is 0 Å². The predicted molar refractivity (Wildman–Crippen MR) is 105 cm³/mol. The molecule has 3 heterocycles. The molecule has 3 aromatic rings. The van der Waals surface area contributed by atoms with Gasteiger partial charge in [0.15, 0.2) is 0 Å². The summed E-state index contributed by atoms with van der Waals surface area (Å²) < 4.78 is 13.0. The standard InChI is InChI=1S/C21H20FN5O2/c22-15-6-8-16(9-7-15)24-20(28)14-4-3-11-27(13-14)21(29)19-12-18(25-26-19)17-5-1-2-10-23-17/h1-2,5-10,12,14H,3-4,11,13H2,(H,24,28)(H,25,26). The quantitative estimate of drug-likeness (QED) is 0.713. The number of halogens is 1. The second kappa shape index (κ2) is 8.22. The van der Waals surface area contributed by atoms with Crippen LogP contribution in [0.15, 0.2) is 54.7 Å². The Labute approximate surface area is 167 Å². The number of aromatic amines is 1. The Bertz CT molecular complexity index is 1000. The van der Waals surface area contributed by atoms with Crippen LogP contribution in [0.3, 0.4) is 0 Å². The number of nitrogens with one attached hydrogen (secondary N) is 2. The summed E-state index contributed by atoms with van der Waals surface area (Å²) in [4.78, 5) is 31.3. The predicted octanol–water partition coefficient (Wildman–Crippen LogP) is 3.10. The van der Waals surface area contributed by atoms with Gasteiger partial charge in [0.2, 0.25) is 5.91 Å². The molecule has 4 rings (SSSR count). The third-order valence-corrected chi connectivity index (χ3v) is 4.93. The summed E-state index contributed by atoms with van der Waals surface area (Å²) in [6.07, 6.45) is 3.09. The third kappa shape index (κ3) is 4.31. The number of hydrogen-bond acceptors (Lipinski definition) is 4. The fraction of sp³-hybridized carbons (Fsp3) is 0.238. The lowest BCUT2D eigenvalue weighted by Gasteiger charge is -2.31. The lowest BCUT2D eigenvalue weighted by atomic mass is 9.96. The minimum Gasteiger partial charge on any atom is -0.337 e. The van der Waals surface area contributed by atoms with Crippen LogP contribution in [-0.2, 0) is 4.79 Å². The molecule has 1 fully saturated rings. The third-order valence-electron chi connectivity index (χ3n) is 4.93. The van der Waals surface area contributed by atoms with E-state index in [0.29, 0.717) is 42.3 Å². The molecular formula is C21H20FN5O2. The van der Waals surface area contributed by atoms with E-state index in [4.69, 9.17) is 0 Å². The minimum absolute atomic E-state index is 0.173. The van der Waals surface area contributed by atoms with Gasteiger partial charge in [-0.2, -0.15) is 5.10 Å². The highest BCUT2D eigenvalue weighted by Crippen LogP contribution is 2.22. The van der Waals surface area contributed by atoms with E-state index in [1.54, 1.807) is 17.2 Å². The van der Waals surface area contributed by atoms with Crippen molar-refractivity contribution in [1.29, 1.82) is 0 Å². The first-order valence-electron chi connectivity index (χ1n) is 9.42. The zero-order chi connectivity index (χ0) is 20.2. The maximum atomic E-state index is 13.0. The Hall–Kier alpha value is -3.55. The molecule has 7 nitrogen and oxygen atoms in total. The molecule has 2 amide bonds. The second-order valence-corrected chi connectivity index (χ2v) is 6.97. The van der Waals surface area contributed by atoms with Crippen LogP contribution in [0.5, 0.6) is 0 Å². The van der Waals surface area contributed by atoms with E-state index in [2.05, 4.69) is 20.5 Å². The van der Waals surface area contributed by atoms with Crippen molar-refractivity contribution >= 4 is 17.5 Å². The smallest absolute Gasteiger partial charge is 0.271 e. The molecule has 0 aliphatic carbocycles. The molecule has 1 saturated heterocycles. The highest BCUT2D eigenvalue weighted by molar-refractivity contribution is 5.95. The van der Waals surface area contributed by atoms with E-state index in [-0.39, 0.29) is 23.5 Å². The molecule has 8 heteroatoms. The first-order chi connectivity index (χ1) is 14.1. The average Bonchev–Trinajstić information content (AvgIpc) is 3.26. The molecule has 0 spiro atoms. The fourth-order valence-corrected chi connectivity index (χ4v) is 3.40. The van der Waals surface area contributed by atoms with Gasteiger partial charge in [-0.3, -0.25) is 19.7 Å². The topological polar surface area (TPSA) is 91.0 Å². The summed E-state index contributed by atoms with van der Waals surface area (Å²) in [7, 11) is 0. The molecule has 1 aliphatic rings. The van der Waals surface area contributed by atoms with Crippen LogP contribution in [0.1, 0.15) is 23.3 Å². The van der Waals surface area contributed by atoms with Gasteiger partial charge in [-0.25, -0.2) is 4.39 Å². The van der Waals surface area contributed by atoms with Crippen LogP contribution in [-0.4, -0.2) is 45.0 Å². The highest BCUT2D eigenvalue weighted by atomic mass is 19.1. The monoisotopic (exact) mass is 393 g/mol. The van der Waals surface area contributed by atoms with Crippen LogP contribution in [0.4, 0.5) is 10.1 Å². The maximum absolute atomic E-state index is 13.0. The summed E-state index contributed by atoms with van der Waals surface area (Å²) in [6, 6.07) is 12.8. The second-order valence-electron chi connectivity index (χ2n) is 6.97. The number of rotatable bonds is 4. The van der Waals surface area contributed by atoms with Gasteiger partial charge in [0.25, 0.3) is 5.91 Å². The number of benzene rings is 1. The number of likely N-dealkylation sites (tertiary alicyclic amines) is 1. The van der Waals surface area contributed by atoms with Gasteiger partial charge < -0.3 is 10.2 Å². The van der Waals surface area contributed by atoms with Crippen molar-refractivity contribution < 1.29 is 14.0 Å². The fourth-order valence-electron chi connectivity index (χ4n) is 3.40. The summed E-state index contributed by atoms with van der Waals surface area (Å²) in [5, 5.41) is 9.74. The van der Waals surface area contributed by atoms with Gasteiger partial charge in [0.05, 0.1) is 11.6 Å². The molecule has 148 valence electrons. The van der Waals surface area contributed by atoms with Gasteiger partial charge in [-0.1, -0.05) is 6.07 Å². The number of anilines is 1. The van der Waals surface area contributed by atoms with E-state index >= 15 is 0 Å². The van der Waals surface area contributed by atoms with Gasteiger partial charge in [0, 0.05) is 25.0 Å². The first kappa shape index (κ1) is 18.8. The van der Waals surface area contributed by atoms with Crippen molar-refractivity contribution in [2.24, 2.45) is 5.92 Å². The number of nitrogens with zero attached hydrogens (tertiary/aromatic N) is 3. The van der Waals surface area contributed by atoms with E-state index in [9.17, 15) is 14.0 Å². The normalized spacial score (nSPS) is 16.4. The molecule has 0 saturated carbocycles. The largest absolute Gasteiger partial charge is 0.337 e. The SMILES string of the molecule is O=C(Nc1ccc(F)cc1)C1CCCN(C(=O)c2cc(-c3ccccn3)n[nH]2)C1. The first-order valence-corrected chi connectivity index (χ1v) is 9.42. The minimum atomic E-state index is -0.359. The molecule has 1 atom stereocenters. The molecule has 1 aromatic carbocycles. The summed E-state index contributed by atoms with van der Waals surface area (Å²) in [5.74, 6) is -1.05. The molecule has 2 aromatic heterocycles. The number of carbonyl (C=O) groups excluding carboxylic acids is 2. The van der Waals surface area contributed by atoms with Crippen molar-refractivity contribution in [3.63, 3.8) is 0 Å². The van der Waals surface area contributed by atoms with Crippen molar-refractivity contribution in [2.45, 2.75) is 12.8 Å². The van der Waals surface area contributed by atoms with Crippen LogP contribution in [0.2, 0.25) is 0 Å². The van der Waals surface area contributed by atoms with Gasteiger partial charge in [0.1, 0.15) is 17.2 Å². The lowest BCUT2D eigenvalue weighted by Crippen LogP contribution is -2.43. The Kier molecular flexibility index (Phi) is 5.33. The summed E-state index contributed by atoms with van der Waals surface area (Å²) in [6.45, 7) is 0.904. The number of pyridine rings is 1. The maximum Gasteiger partial charge on any atom is 0.271 e. The molecular weight excluding hydrogens is 373 g/mol. The number of carbonyl (C=O) groups is 2. The zero-order valence-electron chi connectivity index (χ0n) is 15.6.